The number of carbonyl (C=O) groups is 2. The van der Waals surface area contributed by atoms with Gasteiger partial charge in [-0.05, 0) is 12.8 Å². The van der Waals surface area contributed by atoms with Crippen molar-refractivity contribution in [3.8, 4) is 24.7 Å². The molecule has 4 nitrogen and oxygen atoms in total. The molecule has 0 radical (unpaired) electrons. The summed E-state index contributed by atoms with van der Waals surface area (Å²) in [6.07, 6.45) is -14.0. The van der Waals surface area contributed by atoms with E-state index >= 15 is 0 Å². The molecule has 0 aromatic heterocycles. The normalized spacial score (nSPS) is 35.4. The average molecular weight is 696 g/mol. The van der Waals surface area contributed by atoms with Gasteiger partial charge in [-0.3, -0.25) is 9.59 Å². The molecule has 0 amide bonds. The van der Waals surface area contributed by atoms with Gasteiger partial charge in [-0.2, -0.15) is 52.7 Å². The second-order valence-electron chi connectivity index (χ2n) is 8.60. The van der Waals surface area contributed by atoms with Gasteiger partial charge in [-0.25, -0.2) is 0 Å². The van der Waals surface area contributed by atoms with Crippen LogP contribution in [0.5, 0.6) is 0 Å². The Kier molecular flexibility index (Phi) is 8.46. The third kappa shape index (κ3) is 4.68. The fourth-order valence-corrected chi connectivity index (χ4v) is 5.81. The van der Waals surface area contributed by atoms with E-state index in [4.69, 9.17) is 59.3 Å². The number of esters is 2. The summed E-state index contributed by atoms with van der Waals surface area (Å²) in [6, 6.07) is 0. The van der Waals surface area contributed by atoms with Crippen molar-refractivity contribution in [1.29, 1.82) is 0 Å². The van der Waals surface area contributed by atoms with Crippen molar-refractivity contribution in [2.75, 3.05) is 0 Å². The molecule has 0 heterocycles. The van der Waals surface area contributed by atoms with Crippen LogP contribution in [-0.2, 0) is 19.1 Å². The van der Waals surface area contributed by atoms with Crippen LogP contribution in [0.3, 0.4) is 0 Å². The Morgan fingerprint density at radius 1 is 0.707 bits per heavy atom. The van der Waals surface area contributed by atoms with E-state index in [1.54, 1.807) is 0 Å². The summed E-state index contributed by atoms with van der Waals surface area (Å²) < 4.78 is 171. The summed E-state index contributed by atoms with van der Waals surface area (Å²) in [4.78, 5) is 6.93. The lowest BCUT2D eigenvalue weighted by Gasteiger charge is -2.29. The Morgan fingerprint density at radius 3 is 1.17 bits per heavy atom. The third-order valence-electron chi connectivity index (χ3n) is 6.33. The number of ether oxygens (including phenoxy) is 2. The number of allylic oxidation sites excluding steroid dienone is 1. The van der Waals surface area contributed by atoms with E-state index in [0.717, 1.165) is 0 Å². The smallest absolute Gasteiger partial charge is 0.407 e. The van der Waals surface area contributed by atoms with Crippen molar-refractivity contribution in [3.63, 3.8) is 0 Å². The van der Waals surface area contributed by atoms with E-state index in [-0.39, 0.29) is 0 Å². The average Bonchev–Trinajstić information content (AvgIpc) is 3.55. The first-order chi connectivity index (χ1) is 18.0. The fourth-order valence-electron chi connectivity index (χ4n) is 4.04. The van der Waals surface area contributed by atoms with Crippen LogP contribution in [0.1, 0.15) is 13.3 Å². The highest BCUT2D eigenvalue weighted by atomic mass is 35.5. The van der Waals surface area contributed by atoms with Crippen LogP contribution in [0.25, 0.3) is 0 Å². The van der Waals surface area contributed by atoms with Gasteiger partial charge in [-0.1, -0.05) is 6.08 Å². The molecule has 4 unspecified atom stereocenters. The summed E-state index contributed by atoms with van der Waals surface area (Å²) in [5, 5.41) is 0. The van der Waals surface area contributed by atoms with Gasteiger partial charge in [0.15, 0.2) is 19.5 Å². The third-order valence-corrected chi connectivity index (χ3v) is 9.44. The molecule has 0 bridgehead atoms. The lowest BCUT2D eigenvalue weighted by atomic mass is 10.1. The molecule has 230 valence electrons. The minimum atomic E-state index is -6.07. The molecule has 2 aliphatic carbocycles. The standard InChI is InChI=1S/C21H10Cl4F12O4/c1-4-6-7-8(3)13(5-2,40-11(38)9-14(22,18(26,27)28)15(9,23)19(29,30)31)41-12(39)10-16(24,20(32,33)34)17(10,25)21(35,36)37/h1-2,7,9-10H,6H2,3H3. The SMILES string of the molecule is C#CCC=C(C)C(C#C)(OC(=O)C1C(Cl)(C(F)(F)F)C1(Cl)C(F)(F)F)OC(=O)C1C(Cl)(C(F)(F)F)C1(Cl)C(F)(F)F. The highest BCUT2D eigenvalue weighted by Gasteiger charge is 2.99. The molecule has 41 heavy (non-hydrogen) atoms. The quantitative estimate of drug-likeness (QED) is 0.0768. The van der Waals surface area contributed by atoms with Crippen molar-refractivity contribution >= 4 is 58.3 Å². The number of carbonyl (C=O) groups excluding carboxylic acids is 2. The van der Waals surface area contributed by atoms with Gasteiger partial charge >= 0.3 is 42.4 Å². The fraction of sp³-hybridized carbons (Fsp3) is 0.619. The molecule has 20 heteroatoms. The van der Waals surface area contributed by atoms with E-state index in [1.807, 2.05) is 5.92 Å². The molecule has 0 aliphatic heterocycles. The van der Waals surface area contributed by atoms with Crippen LogP contribution >= 0.6 is 46.4 Å². The van der Waals surface area contributed by atoms with Gasteiger partial charge in [0.25, 0.3) is 0 Å². The molecule has 0 spiro atoms. The molecule has 0 saturated heterocycles. The Bertz CT molecular complexity index is 1120. The van der Waals surface area contributed by atoms with Crippen molar-refractivity contribution in [2.24, 2.45) is 11.8 Å². The number of hydrogen-bond donors (Lipinski definition) is 0. The minimum Gasteiger partial charge on any atom is -0.407 e. The number of hydrogen-bond acceptors (Lipinski definition) is 4. The van der Waals surface area contributed by atoms with E-state index in [1.165, 1.54) is 5.92 Å². The highest BCUT2D eigenvalue weighted by Crippen LogP contribution is 2.77. The molecule has 4 atom stereocenters. The summed E-state index contributed by atoms with van der Waals surface area (Å²) in [5.74, 6) is -13.0. The van der Waals surface area contributed by atoms with Gasteiger partial charge in [0, 0.05) is 12.0 Å². The van der Waals surface area contributed by atoms with E-state index < -0.39 is 85.8 Å². The van der Waals surface area contributed by atoms with Crippen LogP contribution in [-0.4, -0.2) is 61.9 Å². The van der Waals surface area contributed by atoms with Gasteiger partial charge in [0.2, 0.25) is 0 Å². The Morgan fingerprint density at radius 2 is 0.976 bits per heavy atom. The lowest BCUT2D eigenvalue weighted by molar-refractivity contribution is -0.206. The largest absolute Gasteiger partial charge is 0.410 e. The summed E-state index contributed by atoms with van der Waals surface area (Å²) in [7, 11) is 0. The first-order valence-electron chi connectivity index (χ1n) is 10.1. The zero-order chi connectivity index (χ0) is 32.6. The van der Waals surface area contributed by atoms with Gasteiger partial charge in [-0.15, -0.1) is 65.2 Å². The Hall–Kier alpha value is -1.88. The first-order valence-corrected chi connectivity index (χ1v) is 11.6. The molecule has 0 aromatic rings. The van der Waals surface area contributed by atoms with E-state index in [9.17, 15) is 62.3 Å². The van der Waals surface area contributed by atoms with Crippen LogP contribution in [0.4, 0.5) is 52.7 Å². The number of rotatable bonds is 6. The maximum atomic E-state index is 13.5. The van der Waals surface area contributed by atoms with Crippen molar-refractivity contribution < 1.29 is 71.7 Å². The molecular formula is C21H10Cl4F12O4. The van der Waals surface area contributed by atoms with Crippen LogP contribution in [0.2, 0.25) is 0 Å². The molecule has 2 aliphatic rings. The molecule has 2 saturated carbocycles. The predicted molar refractivity (Wildman–Crippen MR) is 116 cm³/mol. The van der Waals surface area contributed by atoms with Crippen LogP contribution < -0.4 is 0 Å². The zero-order valence-electron chi connectivity index (χ0n) is 19.3. The highest BCUT2D eigenvalue weighted by molar-refractivity contribution is 6.44. The number of halogens is 16. The monoisotopic (exact) mass is 694 g/mol. The summed E-state index contributed by atoms with van der Waals surface area (Å²) in [6.45, 7) is 0.697. The Balaban J connectivity index is 2.64. The molecule has 2 rings (SSSR count). The van der Waals surface area contributed by atoms with Crippen molar-refractivity contribution in [1.82, 2.24) is 0 Å². The lowest BCUT2D eigenvalue weighted by Crippen LogP contribution is -2.43. The minimum absolute atomic E-state index is 0.564. The van der Waals surface area contributed by atoms with Crippen LogP contribution in [0, 0.1) is 36.5 Å². The molecule has 2 fully saturated rings. The maximum absolute atomic E-state index is 13.5. The van der Waals surface area contributed by atoms with Gasteiger partial charge in [0.1, 0.15) is 11.8 Å². The molecule has 0 aromatic carbocycles. The maximum Gasteiger partial charge on any atom is 0.410 e. The molecular weight excluding hydrogens is 686 g/mol. The van der Waals surface area contributed by atoms with E-state index in [0.29, 0.717) is 13.0 Å². The van der Waals surface area contributed by atoms with Gasteiger partial charge < -0.3 is 9.47 Å². The summed E-state index contributed by atoms with van der Waals surface area (Å²) >= 11 is 20.3. The van der Waals surface area contributed by atoms with Gasteiger partial charge in [0.05, 0.1) is 0 Å². The van der Waals surface area contributed by atoms with E-state index in [2.05, 4.69) is 9.47 Å². The van der Waals surface area contributed by atoms with Crippen molar-refractivity contribution in [3.05, 3.63) is 11.6 Å². The van der Waals surface area contributed by atoms with Crippen LogP contribution in [0.15, 0.2) is 11.6 Å². The molecule has 0 N–H and O–H groups in total. The first kappa shape index (κ1) is 35.3. The summed E-state index contributed by atoms with van der Waals surface area (Å²) in [5.41, 5.74) is -0.875. The van der Waals surface area contributed by atoms with Crippen molar-refractivity contribution in [2.45, 2.75) is 63.3 Å². The topological polar surface area (TPSA) is 52.6 Å². The Labute approximate surface area is 241 Å². The second-order valence-corrected chi connectivity index (χ2v) is 11.0. The number of alkyl halides is 16. The zero-order valence-corrected chi connectivity index (χ0v) is 22.3. The predicted octanol–water partition coefficient (Wildman–Crippen LogP) is 6.79. The second kappa shape index (κ2) is 9.82. The number of terminal acetylenes is 2.